The van der Waals surface area contributed by atoms with Crippen molar-refractivity contribution in [1.29, 1.82) is 0 Å². The fourth-order valence-electron chi connectivity index (χ4n) is 1.98. The largest absolute Gasteiger partial charge is 0.496 e. The van der Waals surface area contributed by atoms with Crippen LogP contribution in [0.3, 0.4) is 0 Å². The molecule has 0 aliphatic carbocycles. The van der Waals surface area contributed by atoms with Gasteiger partial charge < -0.3 is 15.8 Å². The molecular formula is C15H24N2O2. The Morgan fingerprint density at radius 1 is 1.42 bits per heavy atom. The number of hydrogen-bond donors (Lipinski definition) is 2. The van der Waals surface area contributed by atoms with Gasteiger partial charge >= 0.3 is 0 Å². The number of hydrogen-bond acceptors (Lipinski definition) is 3. The summed E-state index contributed by atoms with van der Waals surface area (Å²) >= 11 is 0. The van der Waals surface area contributed by atoms with E-state index in [1.807, 2.05) is 19.1 Å². The number of methoxy groups -OCH3 is 1. The van der Waals surface area contributed by atoms with Crippen LogP contribution in [0.1, 0.15) is 31.4 Å². The summed E-state index contributed by atoms with van der Waals surface area (Å²) in [5.41, 5.74) is 7.45. The third-order valence-corrected chi connectivity index (χ3v) is 3.18. The van der Waals surface area contributed by atoms with Crippen LogP contribution in [0.5, 0.6) is 5.75 Å². The highest BCUT2D eigenvalue weighted by Crippen LogP contribution is 2.31. The van der Waals surface area contributed by atoms with Crippen molar-refractivity contribution in [3.05, 3.63) is 29.3 Å². The first kappa shape index (κ1) is 15.5. The summed E-state index contributed by atoms with van der Waals surface area (Å²) in [5, 5.41) is 2.92. The molecule has 0 aliphatic rings. The molecule has 1 amide bonds. The van der Waals surface area contributed by atoms with E-state index in [2.05, 4.69) is 25.2 Å². The number of carbonyl (C=O) groups is 1. The number of rotatable bonds is 6. The minimum absolute atomic E-state index is 0.0119. The smallest absolute Gasteiger partial charge is 0.221 e. The average Bonchev–Trinajstić information content (AvgIpc) is 2.37. The quantitative estimate of drug-likeness (QED) is 0.822. The van der Waals surface area contributed by atoms with Crippen molar-refractivity contribution in [2.45, 2.75) is 32.6 Å². The van der Waals surface area contributed by atoms with Crippen molar-refractivity contribution in [3.8, 4) is 5.75 Å². The minimum atomic E-state index is -0.193. The molecular weight excluding hydrogens is 240 g/mol. The predicted octanol–water partition coefficient (Wildman–Crippen LogP) is 1.75. The molecule has 0 radical (unpaired) electrons. The van der Waals surface area contributed by atoms with Gasteiger partial charge in [-0.25, -0.2) is 0 Å². The van der Waals surface area contributed by atoms with Gasteiger partial charge in [0, 0.05) is 30.5 Å². The van der Waals surface area contributed by atoms with Gasteiger partial charge in [0.05, 0.1) is 7.11 Å². The molecule has 0 saturated carbocycles. The Bertz CT molecular complexity index is 442. The maximum atomic E-state index is 11.5. The molecule has 0 heterocycles. The van der Waals surface area contributed by atoms with Gasteiger partial charge in [0.1, 0.15) is 5.75 Å². The molecule has 0 aliphatic heterocycles. The van der Waals surface area contributed by atoms with Crippen molar-refractivity contribution in [2.75, 3.05) is 20.2 Å². The van der Waals surface area contributed by atoms with Crippen molar-refractivity contribution in [3.63, 3.8) is 0 Å². The van der Waals surface area contributed by atoms with E-state index in [0.29, 0.717) is 19.5 Å². The predicted molar refractivity (Wildman–Crippen MR) is 77.4 cm³/mol. The molecule has 4 nitrogen and oxygen atoms in total. The Morgan fingerprint density at radius 3 is 2.68 bits per heavy atom. The van der Waals surface area contributed by atoms with Gasteiger partial charge in [0.25, 0.3) is 0 Å². The third-order valence-electron chi connectivity index (χ3n) is 3.18. The summed E-state index contributed by atoms with van der Waals surface area (Å²) in [7, 11) is 1.66. The number of benzene rings is 1. The first-order valence-corrected chi connectivity index (χ1v) is 6.52. The second-order valence-electron chi connectivity index (χ2n) is 5.40. The van der Waals surface area contributed by atoms with Crippen molar-refractivity contribution >= 4 is 5.91 Å². The average molecular weight is 264 g/mol. The van der Waals surface area contributed by atoms with E-state index in [4.69, 9.17) is 10.5 Å². The SMILES string of the molecule is COc1ccc(C)cc1C(C)(C)CNC(=O)CCN. The molecule has 106 valence electrons. The van der Waals surface area contributed by atoms with Gasteiger partial charge in [-0.1, -0.05) is 31.5 Å². The summed E-state index contributed by atoms with van der Waals surface area (Å²) < 4.78 is 5.41. The lowest BCUT2D eigenvalue weighted by Crippen LogP contribution is -2.37. The third kappa shape index (κ3) is 4.24. The molecule has 3 N–H and O–H groups in total. The molecule has 4 heteroatoms. The van der Waals surface area contributed by atoms with Crippen molar-refractivity contribution in [2.24, 2.45) is 5.73 Å². The fraction of sp³-hybridized carbons (Fsp3) is 0.533. The molecule has 1 aromatic carbocycles. The van der Waals surface area contributed by atoms with Crippen LogP contribution < -0.4 is 15.8 Å². The summed E-state index contributed by atoms with van der Waals surface area (Å²) in [6.45, 7) is 7.16. The van der Waals surface area contributed by atoms with Crippen LogP contribution in [0.4, 0.5) is 0 Å². The molecule has 0 spiro atoms. The van der Waals surface area contributed by atoms with E-state index in [-0.39, 0.29) is 11.3 Å². The molecule has 1 rings (SSSR count). The Labute approximate surface area is 115 Å². The van der Waals surface area contributed by atoms with Crippen LogP contribution in [-0.4, -0.2) is 26.1 Å². The van der Waals surface area contributed by atoms with E-state index in [1.165, 1.54) is 5.56 Å². The Morgan fingerprint density at radius 2 is 2.11 bits per heavy atom. The summed E-state index contributed by atoms with van der Waals surface area (Å²) in [5.74, 6) is 0.839. The van der Waals surface area contributed by atoms with Gasteiger partial charge in [-0.05, 0) is 13.0 Å². The number of nitrogens with two attached hydrogens (primary N) is 1. The van der Waals surface area contributed by atoms with Crippen LogP contribution in [0.2, 0.25) is 0 Å². The van der Waals surface area contributed by atoms with Gasteiger partial charge in [0.2, 0.25) is 5.91 Å². The highest BCUT2D eigenvalue weighted by Gasteiger charge is 2.25. The van der Waals surface area contributed by atoms with Gasteiger partial charge in [0.15, 0.2) is 0 Å². The molecule has 0 atom stereocenters. The van der Waals surface area contributed by atoms with Gasteiger partial charge in [-0.15, -0.1) is 0 Å². The molecule has 19 heavy (non-hydrogen) atoms. The van der Waals surface area contributed by atoms with Gasteiger partial charge in [-0.3, -0.25) is 4.79 Å². The van der Waals surface area contributed by atoms with Gasteiger partial charge in [-0.2, -0.15) is 0 Å². The lowest BCUT2D eigenvalue weighted by atomic mass is 9.83. The van der Waals surface area contributed by atoms with Crippen LogP contribution in [0.15, 0.2) is 18.2 Å². The maximum absolute atomic E-state index is 11.5. The van der Waals surface area contributed by atoms with Crippen LogP contribution in [0, 0.1) is 6.92 Å². The minimum Gasteiger partial charge on any atom is -0.496 e. The highest BCUT2D eigenvalue weighted by atomic mass is 16.5. The van der Waals surface area contributed by atoms with Crippen LogP contribution in [-0.2, 0) is 10.2 Å². The van der Waals surface area contributed by atoms with Crippen LogP contribution in [0.25, 0.3) is 0 Å². The van der Waals surface area contributed by atoms with E-state index in [9.17, 15) is 4.79 Å². The number of ether oxygens (including phenoxy) is 1. The number of amides is 1. The first-order valence-electron chi connectivity index (χ1n) is 6.52. The summed E-state index contributed by atoms with van der Waals surface area (Å²) in [4.78, 5) is 11.5. The molecule has 0 saturated heterocycles. The summed E-state index contributed by atoms with van der Waals surface area (Å²) in [6, 6.07) is 6.09. The fourth-order valence-corrected chi connectivity index (χ4v) is 1.98. The molecule has 0 fully saturated rings. The molecule has 0 aromatic heterocycles. The zero-order valence-electron chi connectivity index (χ0n) is 12.2. The number of aryl methyl sites for hydroxylation is 1. The first-order chi connectivity index (χ1) is 8.90. The van der Waals surface area contributed by atoms with Crippen molar-refractivity contribution in [1.82, 2.24) is 5.32 Å². The monoisotopic (exact) mass is 264 g/mol. The van der Waals surface area contributed by atoms with E-state index < -0.39 is 0 Å². The Hall–Kier alpha value is -1.55. The summed E-state index contributed by atoms with van der Waals surface area (Å²) in [6.07, 6.45) is 0.362. The standard InChI is InChI=1S/C15H24N2O2/c1-11-5-6-13(19-4)12(9-11)15(2,3)10-17-14(18)7-8-16/h5-6,9H,7-8,10,16H2,1-4H3,(H,17,18). The highest BCUT2D eigenvalue weighted by molar-refractivity contribution is 5.76. The number of carbonyl (C=O) groups excluding carboxylic acids is 1. The second kappa shape index (κ2) is 6.57. The zero-order chi connectivity index (χ0) is 14.5. The Balaban J connectivity index is 2.86. The lowest BCUT2D eigenvalue weighted by molar-refractivity contribution is -0.121. The normalized spacial score (nSPS) is 11.2. The van der Waals surface area contributed by atoms with E-state index in [0.717, 1.165) is 11.3 Å². The zero-order valence-corrected chi connectivity index (χ0v) is 12.2. The lowest BCUT2D eigenvalue weighted by Gasteiger charge is -2.28. The van der Waals surface area contributed by atoms with E-state index in [1.54, 1.807) is 7.11 Å². The number of nitrogens with one attached hydrogen (secondary N) is 1. The molecule has 0 bridgehead atoms. The maximum Gasteiger partial charge on any atom is 0.221 e. The molecule has 0 unspecified atom stereocenters. The Kier molecular flexibility index (Phi) is 5.36. The topological polar surface area (TPSA) is 64.3 Å². The van der Waals surface area contributed by atoms with Crippen LogP contribution >= 0.6 is 0 Å². The second-order valence-corrected chi connectivity index (χ2v) is 5.40. The van der Waals surface area contributed by atoms with E-state index >= 15 is 0 Å². The van der Waals surface area contributed by atoms with Crippen molar-refractivity contribution < 1.29 is 9.53 Å². The molecule has 1 aromatic rings.